The van der Waals surface area contributed by atoms with Crippen LogP contribution in [0.5, 0.6) is 0 Å². The molecule has 1 rings (SSSR count). The van der Waals surface area contributed by atoms with E-state index in [0.717, 1.165) is 51.7 Å². The van der Waals surface area contributed by atoms with E-state index in [1.54, 1.807) is 0 Å². The maximum atomic E-state index is 12.4. The molecule has 0 aromatic carbocycles. The zero-order valence-corrected chi connectivity index (χ0v) is 12.6. The van der Waals surface area contributed by atoms with E-state index in [-0.39, 0.29) is 16.7 Å². The van der Waals surface area contributed by atoms with Crippen molar-refractivity contribution in [1.29, 1.82) is 0 Å². The van der Waals surface area contributed by atoms with Crippen LogP contribution in [0.1, 0.15) is 59.8 Å². The van der Waals surface area contributed by atoms with Gasteiger partial charge in [0.05, 0.1) is 5.41 Å². The molecule has 1 fully saturated rings. The van der Waals surface area contributed by atoms with Crippen molar-refractivity contribution < 1.29 is 4.79 Å². The lowest BCUT2D eigenvalue weighted by atomic mass is 9.76. The molecule has 18 heavy (non-hydrogen) atoms. The molecule has 1 unspecified atom stereocenters. The molecule has 0 bridgehead atoms. The quantitative estimate of drug-likeness (QED) is 0.792. The Morgan fingerprint density at radius 1 is 1.39 bits per heavy atom. The Kier molecular flexibility index (Phi) is 5.64. The van der Waals surface area contributed by atoms with E-state index in [1.165, 1.54) is 0 Å². The van der Waals surface area contributed by atoms with Crippen LogP contribution in [0.15, 0.2) is 0 Å². The smallest absolute Gasteiger partial charge is 0.227 e. The minimum absolute atomic E-state index is 0.148. The van der Waals surface area contributed by atoms with Crippen molar-refractivity contribution in [2.75, 3.05) is 19.6 Å². The van der Waals surface area contributed by atoms with Crippen molar-refractivity contribution in [3.05, 3.63) is 0 Å². The summed E-state index contributed by atoms with van der Waals surface area (Å²) in [5.74, 6) is 0.265. The van der Waals surface area contributed by atoms with Gasteiger partial charge >= 0.3 is 0 Å². The third-order valence-electron chi connectivity index (χ3n) is 3.84. The predicted molar refractivity (Wildman–Crippen MR) is 76.5 cm³/mol. The lowest BCUT2D eigenvalue weighted by Gasteiger charge is -2.36. The van der Waals surface area contributed by atoms with E-state index >= 15 is 0 Å². The summed E-state index contributed by atoms with van der Waals surface area (Å²) in [5.41, 5.74) is 0.140. The first kappa shape index (κ1) is 15.5. The number of carbonyl (C=O) groups excluding carboxylic acids is 1. The number of hydrogen-bond donors (Lipinski definition) is 2. The standard InChI is InChI=1S/C15H30N2O/c1-5-7-15(8-6-10-16-12-15)13(18)17-11-9-14(2,3)4/h16H,5-12H2,1-4H3,(H,17,18). The molecule has 1 atom stereocenters. The molecule has 0 saturated carbocycles. The monoisotopic (exact) mass is 254 g/mol. The second-order valence-electron chi connectivity index (χ2n) is 6.88. The molecule has 1 heterocycles. The number of carbonyl (C=O) groups is 1. The minimum atomic E-state index is -0.148. The van der Waals surface area contributed by atoms with Gasteiger partial charge in [0.25, 0.3) is 0 Å². The van der Waals surface area contributed by atoms with Gasteiger partial charge in [-0.25, -0.2) is 0 Å². The van der Waals surface area contributed by atoms with Crippen LogP contribution in [0.2, 0.25) is 0 Å². The Morgan fingerprint density at radius 2 is 2.11 bits per heavy atom. The Bertz CT molecular complexity index is 257. The molecule has 1 aliphatic rings. The Hall–Kier alpha value is -0.570. The zero-order valence-electron chi connectivity index (χ0n) is 12.6. The van der Waals surface area contributed by atoms with E-state index in [4.69, 9.17) is 0 Å². The van der Waals surface area contributed by atoms with Gasteiger partial charge in [0.15, 0.2) is 0 Å². The molecular weight excluding hydrogens is 224 g/mol. The summed E-state index contributed by atoms with van der Waals surface area (Å²) in [6, 6.07) is 0. The molecule has 2 N–H and O–H groups in total. The van der Waals surface area contributed by atoms with E-state index in [9.17, 15) is 4.79 Å². The van der Waals surface area contributed by atoms with Gasteiger partial charge in [0, 0.05) is 13.1 Å². The summed E-state index contributed by atoms with van der Waals surface area (Å²) in [6.07, 6.45) is 5.27. The van der Waals surface area contributed by atoms with Gasteiger partial charge in [0.2, 0.25) is 5.91 Å². The second kappa shape index (κ2) is 6.55. The molecule has 0 spiro atoms. The first-order chi connectivity index (χ1) is 8.40. The maximum absolute atomic E-state index is 12.4. The van der Waals surface area contributed by atoms with Gasteiger partial charge < -0.3 is 10.6 Å². The van der Waals surface area contributed by atoms with Crippen molar-refractivity contribution in [2.45, 2.75) is 59.8 Å². The van der Waals surface area contributed by atoms with Crippen LogP contribution < -0.4 is 10.6 Å². The SMILES string of the molecule is CCCC1(C(=O)NCCC(C)(C)C)CCCNC1. The zero-order chi connectivity index (χ0) is 13.6. The Morgan fingerprint density at radius 3 is 2.61 bits per heavy atom. The summed E-state index contributed by atoms with van der Waals surface area (Å²) in [7, 11) is 0. The summed E-state index contributed by atoms with van der Waals surface area (Å²) in [6.45, 7) is 11.5. The highest BCUT2D eigenvalue weighted by atomic mass is 16.2. The highest BCUT2D eigenvalue weighted by molar-refractivity contribution is 5.83. The first-order valence-electron chi connectivity index (χ1n) is 7.39. The number of rotatable bonds is 5. The molecule has 1 aliphatic heterocycles. The predicted octanol–water partition coefficient (Wildman–Crippen LogP) is 2.71. The normalized spacial score (nSPS) is 24.9. The van der Waals surface area contributed by atoms with Crippen LogP contribution in [-0.2, 0) is 4.79 Å². The number of hydrogen-bond acceptors (Lipinski definition) is 2. The van der Waals surface area contributed by atoms with E-state index in [0.29, 0.717) is 0 Å². The first-order valence-corrected chi connectivity index (χ1v) is 7.39. The molecule has 3 heteroatoms. The maximum Gasteiger partial charge on any atom is 0.227 e. The molecule has 106 valence electrons. The van der Waals surface area contributed by atoms with Crippen LogP contribution in [0.4, 0.5) is 0 Å². The topological polar surface area (TPSA) is 41.1 Å². The molecule has 0 radical (unpaired) electrons. The Balaban J connectivity index is 2.49. The molecule has 0 aliphatic carbocycles. The van der Waals surface area contributed by atoms with Crippen molar-refractivity contribution in [2.24, 2.45) is 10.8 Å². The third kappa shape index (κ3) is 4.60. The largest absolute Gasteiger partial charge is 0.356 e. The van der Waals surface area contributed by atoms with Gasteiger partial charge in [-0.05, 0) is 37.6 Å². The van der Waals surface area contributed by atoms with Crippen LogP contribution in [-0.4, -0.2) is 25.5 Å². The van der Waals surface area contributed by atoms with Crippen molar-refractivity contribution in [3.8, 4) is 0 Å². The fourth-order valence-electron chi connectivity index (χ4n) is 2.71. The van der Waals surface area contributed by atoms with Gasteiger partial charge in [-0.1, -0.05) is 34.1 Å². The summed E-state index contributed by atoms with van der Waals surface area (Å²) in [4.78, 5) is 12.4. The summed E-state index contributed by atoms with van der Waals surface area (Å²) >= 11 is 0. The van der Waals surface area contributed by atoms with Crippen LogP contribution in [0.3, 0.4) is 0 Å². The van der Waals surface area contributed by atoms with Gasteiger partial charge in [-0.2, -0.15) is 0 Å². The molecular formula is C15H30N2O. The van der Waals surface area contributed by atoms with Crippen LogP contribution in [0.25, 0.3) is 0 Å². The van der Waals surface area contributed by atoms with E-state index in [1.807, 2.05) is 0 Å². The number of piperidine rings is 1. The molecule has 1 saturated heterocycles. The summed E-state index contributed by atoms with van der Waals surface area (Å²) < 4.78 is 0. The van der Waals surface area contributed by atoms with Crippen molar-refractivity contribution >= 4 is 5.91 Å². The average molecular weight is 254 g/mol. The fraction of sp³-hybridized carbons (Fsp3) is 0.933. The lowest BCUT2D eigenvalue weighted by Crippen LogP contribution is -2.50. The number of nitrogens with one attached hydrogen (secondary N) is 2. The third-order valence-corrected chi connectivity index (χ3v) is 3.84. The minimum Gasteiger partial charge on any atom is -0.356 e. The molecule has 3 nitrogen and oxygen atoms in total. The lowest BCUT2D eigenvalue weighted by molar-refractivity contribution is -0.132. The van der Waals surface area contributed by atoms with E-state index < -0.39 is 0 Å². The average Bonchev–Trinajstić information content (AvgIpc) is 2.29. The van der Waals surface area contributed by atoms with Crippen LogP contribution >= 0.6 is 0 Å². The van der Waals surface area contributed by atoms with Crippen LogP contribution in [0, 0.1) is 10.8 Å². The second-order valence-corrected chi connectivity index (χ2v) is 6.88. The van der Waals surface area contributed by atoms with Crippen molar-refractivity contribution in [3.63, 3.8) is 0 Å². The van der Waals surface area contributed by atoms with Gasteiger partial charge in [0.1, 0.15) is 0 Å². The highest BCUT2D eigenvalue weighted by Crippen LogP contribution is 2.32. The van der Waals surface area contributed by atoms with Gasteiger partial charge in [-0.3, -0.25) is 4.79 Å². The highest BCUT2D eigenvalue weighted by Gasteiger charge is 2.38. The molecule has 0 aromatic heterocycles. The van der Waals surface area contributed by atoms with Crippen molar-refractivity contribution in [1.82, 2.24) is 10.6 Å². The van der Waals surface area contributed by atoms with E-state index in [2.05, 4.69) is 38.3 Å². The molecule has 0 aromatic rings. The Labute approximate surface area is 112 Å². The summed E-state index contributed by atoms with van der Waals surface area (Å²) in [5, 5.41) is 6.54. The fourth-order valence-corrected chi connectivity index (χ4v) is 2.71. The molecule has 1 amide bonds. The number of amides is 1. The van der Waals surface area contributed by atoms with Gasteiger partial charge in [-0.15, -0.1) is 0 Å².